The summed E-state index contributed by atoms with van der Waals surface area (Å²) in [6, 6.07) is 6.99. The molecule has 3 unspecified atom stereocenters. The minimum Gasteiger partial charge on any atom is -0.478 e. The summed E-state index contributed by atoms with van der Waals surface area (Å²) in [5.74, 6) is -0.833. The monoisotopic (exact) mass is 274 g/mol. The van der Waals surface area contributed by atoms with Crippen LogP contribution in [0.25, 0.3) is 0 Å². The molecule has 0 aromatic heterocycles. The van der Waals surface area contributed by atoms with Crippen LogP contribution in [0.15, 0.2) is 24.3 Å². The van der Waals surface area contributed by atoms with Crippen molar-refractivity contribution in [3.63, 3.8) is 0 Å². The van der Waals surface area contributed by atoms with Crippen LogP contribution in [-0.4, -0.2) is 29.1 Å². The average Bonchev–Trinajstić information content (AvgIpc) is 3.04. The first kappa shape index (κ1) is 13.3. The van der Waals surface area contributed by atoms with Crippen LogP contribution < -0.4 is 0 Å². The van der Waals surface area contributed by atoms with Crippen LogP contribution in [0.4, 0.5) is 0 Å². The molecule has 2 bridgehead atoms. The summed E-state index contributed by atoms with van der Waals surface area (Å²) < 4.78 is 6.02. The van der Waals surface area contributed by atoms with Crippen LogP contribution in [0.5, 0.6) is 0 Å². The van der Waals surface area contributed by atoms with Crippen LogP contribution in [0.1, 0.15) is 41.6 Å². The van der Waals surface area contributed by atoms with Gasteiger partial charge in [-0.25, -0.2) is 4.79 Å². The molecule has 0 aliphatic carbocycles. The maximum absolute atomic E-state index is 11.0. The lowest BCUT2D eigenvalue weighted by atomic mass is 9.79. The van der Waals surface area contributed by atoms with Gasteiger partial charge in [0.1, 0.15) is 6.29 Å². The molecular formula is C16H18O4. The highest BCUT2D eigenvalue weighted by Crippen LogP contribution is 2.48. The second-order valence-electron chi connectivity index (χ2n) is 5.88. The SMILES string of the molecule is O=CC1CC2(CCc3ccc(C(=O)O)cc3)CCC1O2. The summed E-state index contributed by atoms with van der Waals surface area (Å²) in [4.78, 5) is 21.8. The molecule has 0 radical (unpaired) electrons. The third-order valence-corrected chi connectivity index (χ3v) is 4.62. The van der Waals surface area contributed by atoms with Gasteiger partial charge in [-0.05, 0) is 49.8 Å². The summed E-state index contributed by atoms with van der Waals surface area (Å²) in [5, 5.41) is 8.87. The van der Waals surface area contributed by atoms with Gasteiger partial charge in [0.2, 0.25) is 0 Å². The molecule has 1 aromatic carbocycles. The maximum atomic E-state index is 11.0. The van der Waals surface area contributed by atoms with Gasteiger partial charge in [-0.3, -0.25) is 0 Å². The minimum atomic E-state index is -0.901. The fourth-order valence-electron chi connectivity index (χ4n) is 3.46. The van der Waals surface area contributed by atoms with E-state index in [0.717, 1.165) is 44.0 Å². The van der Waals surface area contributed by atoms with E-state index in [0.29, 0.717) is 5.56 Å². The molecular weight excluding hydrogens is 256 g/mol. The Balaban J connectivity index is 1.62. The molecule has 20 heavy (non-hydrogen) atoms. The van der Waals surface area contributed by atoms with Crippen molar-refractivity contribution in [3.8, 4) is 0 Å². The molecule has 2 fully saturated rings. The van der Waals surface area contributed by atoms with E-state index >= 15 is 0 Å². The van der Waals surface area contributed by atoms with E-state index in [-0.39, 0.29) is 17.6 Å². The molecule has 2 saturated heterocycles. The van der Waals surface area contributed by atoms with Crippen LogP contribution in [-0.2, 0) is 16.0 Å². The molecule has 3 atom stereocenters. The molecule has 0 saturated carbocycles. The Hall–Kier alpha value is -1.68. The number of hydrogen-bond donors (Lipinski definition) is 1. The van der Waals surface area contributed by atoms with Gasteiger partial charge >= 0.3 is 5.97 Å². The zero-order chi connectivity index (χ0) is 14.2. The first-order valence-corrected chi connectivity index (χ1v) is 7.07. The quantitative estimate of drug-likeness (QED) is 0.838. The van der Waals surface area contributed by atoms with E-state index in [1.165, 1.54) is 0 Å². The molecule has 1 N–H and O–H groups in total. The van der Waals surface area contributed by atoms with Crippen molar-refractivity contribution in [2.24, 2.45) is 5.92 Å². The second-order valence-corrected chi connectivity index (χ2v) is 5.88. The molecule has 3 rings (SSSR count). The zero-order valence-corrected chi connectivity index (χ0v) is 11.2. The Bertz CT molecular complexity index is 522. The summed E-state index contributed by atoms with van der Waals surface area (Å²) in [7, 11) is 0. The van der Waals surface area contributed by atoms with Crippen molar-refractivity contribution in [1.29, 1.82) is 0 Å². The Morgan fingerprint density at radius 2 is 2.15 bits per heavy atom. The highest BCUT2D eigenvalue weighted by molar-refractivity contribution is 5.87. The fourth-order valence-corrected chi connectivity index (χ4v) is 3.46. The largest absolute Gasteiger partial charge is 0.478 e. The van der Waals surface area contributed by atoms with E-state index in [4.69, 9.17) is 9.84 Å². The molecule has 106 valence electrons. The first-order chi connectivity index (χ1) is 9.62. The number of rotatable bonds is 5. The third-order valence-electron chi connectivity index (χ3n) is 4.62. The summed E-state index contributed by atoms with van der Waals surface area (Å²) in [6.07, 6.45) is 5.79. The first-order valence-electron chi connectivity index (χ1n) is 7.07. The Labute approximate surface area is 117 Å². The molecule has 2 aliphatic rings. The molecule has 0 amide bonds. The van der Waals surface area contributed by atoms with Crippen LogP contribution in [0.3, 0.4) is 0 Å². The summed E-state index contributed by atoms with van der Waals surface area (Å²) >= 11 is 0. The normalized spacial score (nSPS) is 31.4. The molecule has 4 heteroatoms. The number of aryl methyl sites for hydroxylation is 1. The topological polar surface area (TPSA) is 63.6 Å². The number of ether oxygens (including phenoxy) is 1. The van der Waals surface area contributed by atoms with Gasteiger partial charge < -0.3 is 14.6 Å². The molecule has 2 heterocycles. The molecule has 2 aliphatic heterocycles. The van der Waals surface area contributed by atoms with Gasteiger partial charge in [0.25, 0.3) is 0 Å². The van der Waals surface area contributed by atoms with Gasteiger partial charge in [-0.2, -0.15) is 0 Å². The number of hydrogen-bond acceptors (Lipinski definition) is 3. The molecule has 4 nitrogen and oxygen atoms in total. The number of fused-ring (bicyclic) bond motifs is 2. The predicted molar refractivity (Wildman–Crippen MR) is 72.7 cm³/mol. The number of benzene rings is 1. The van der Waals surface area contributed by atoms with E-state index in [1.807, 2.05) is 12.1 Å². The van der Waals surface area contributed by atoms with E-state index in [1.54, 1.807) is 12.1 Å². The van der Waals surface area contributed by atoms with Crippen LogP contribution in [0.2, 0.25) is 0 Å². The van der Waals surface area contributed by atoms with Crippen molar-refractivity contribution < 1.29 is 19.4 Å². The van der Waals surface area contributed by atoms with Crippen molar-refractivity contribution in [2.75, 3.05) is 0 Å². The molecule has 1 aromatic rings. The summed E-state index contributed by atoms with van der Waals surface area (Å²) in [6.45, 7) is 0. The van der Waals surface area contributed by atoms with E-state index < -0.39 is 5.97 Å². The Kier molecular flexibility index (Phi) is 3.34. The van der Waals surface area contributed by atoms with Gasteiger partial charge in [0, 0.05) is 5.92 Å². The van der Waals surface area contributed by atoms with Crippen molar-refractivity contribution in [2.45, 2.75) is 43.8 Å². The number of aromatic carboxylic acids is 1. The fraction of sp³-hybridized carbons (Fsp3) is 0.500. The van der Waals surface area contributed by atoms with Gasteiger partial charge in [0.15, 0.2) is 0 Å². The van der Waals surface area contributed by atoms with Crippen molar-refractivity contribution >= 4 is 12.3 Å². The minimum absolute atomic E-state index is 0.0677. The summed E-state index contributed by atoms with van der Waals surface area (Å²) in [5.41, 5.74) is 1.30. The lowest BCUT2D eigenvalue weighted by molar-refractivity contribution is -0.112. The number of carboxylic acid groups (broad SMARTS) is 1. The van der Waals surface area contributed by atoms with E-state index in [2.05, 4.69) is 0 Å². The van der Waals surface area contributed by atoms with Crippen LogP contribution in [0, 0.1) is 5.92 Å². The Morgan fingerprint density at radius 3 is 2.75 bits per heavy atom. The second kappa shape index (κ2) is 5.02. The third kappa shape index (κ3) is 2.36. The number of carbonyl (C=O) groups excluding carboxylic acids is 1. The lowest BCUT2D eigenvalue weighted by Gasteiger charge is -2.25. The van der Waals surface area contributed by atoms with Gasteiger partial charge in [-0.15, -0.1) is 0 Å². The van der Waals surface area contributed by atoms with Gasteiger partial charge in [-0.1, -0.05) is 12.1 Å². The Morgan fingerprint density at radius 1 is 1.40 bits per heavy atom. The zero-order valence-electron chi connectivity index (χ0n) is 11.2. The van der Waals surface area contributed by atoms with Gasteiger partial charge in [0.05, 0.1) is 17.3 Å². The number of aldehydes is 1. The smallest absolute Gasteiger partial charge is 0.335 e. The number of carboxylic acids is 1. The number of carbonyl (C=O) groups is 2. The molecule has 0 spiro atoms. The van der Waals surface area contributed by atoms with Crippen LogP contribution >= 0.6 is 0 Å². The highest BCUT2D eigenvalue weighted by atomic mass is 16.5. The lowest BCUT2D eigenvalue weighted by Crippen LogP contribution is -2.27. The maximum Gasteiger partial charge on any atom is 0.335 e. The van der Waals surface area contributed by atoms with Crippen molar-refractivity contribution in [1.82, 2.24) is 0 Å². The van der Waals surface area contributed by atoms with Crippen molar-refractivity contribution in [3.05, 3.63) is 35.4 Å². The highest BCUT2D eigenvalue weighted by Gasteiger charge is 2.51. The average molecular weight is 274 g/mol. The predicted octanol–water partition coefficient (Wildman–Crippen LogP) is 2.45. The van der Waals surface area contributed by atoms with E-state index in [9.17, 15) is 9.59 Å². The standard InChI is InChI=1S/C16H18O4/c17-10-13-9-16(8-6-14(13)20-16)7-5-11-1-3-12(4-2-11)15(18)19/h1-4,10,13-14H,5-9H2,(H,18,19).